The van der Waals surface area contributed by atoms with Crippen LogP contribution in [0.4, 0.5) is 0 Å². The van der Waals surface area contributed by atoms with E-state index in [2.05, 4.69) is 5.32 Å². The molecule has 1 atom stereocenters. The van der Waals surface area contributed by atoms with Crippen LogP contribution in [0.3, 0.4) is 0 Å². The van der Waals surface area contributed by atoms with E-state index in [0.717, 1.165) is 31.2 Å². The molecule has 1 fully saturated rings. The van der Waals surface area contributed by atoms with E-state index >= 15 is 0 Å². The SMILES string of the molecule is CC1(C2CCCC2)Cc2cc(OCCCCC3=C(O)C(=O)NC3=O)c(Cl)c(Cl)c2C1=O. The van der Waals surface area contributed by atoms with Crippen molar-refractivity contribution in [3.63, 3.8) is 0 Å². The minimum Gasteiger partial charge on any atom is -0.503 e. The molecule has 0 saturated heterocycles. The van der Waals surface area contributed by atoms with Crippen LogP contribution in [0, 0.1) is 11.3 Å². The van der Waals surface area contributed by atoms with Gasteiger partial charge in [0.05, 0.1) is 17.2 Å². The van der Waals surface area contributed by atoms with E-state index in [-0.39, 0.29) is 27.8 Å². The standard InChI is InChI=1S/C23H25Cl2NO5/c1-23(13-6-2-3-7-13)11-12-10-15(17(24)18(25)16(12)20(23)28)31-9-5-4-8-14-19(27)22(30)26-21(14)29/h10,13H,2-9,11H2,1H3,(H2,26,27,29,30). The molecule has 31 heavy (non-hydrogen) atoms. The molecule has 2 N–H and O–H groups in total. The Morgan fingerprint density at radius 1 is 1.13 bits per heavy atom. The minimum absolute atomic E-state index is 0.0883. The van der Waals surface area contributed by atoms with Crippen molar-refractivity contribution < 1.29 is 24.2 Å². The predicted molar refractivity (Wildman–Crippen MR) is 117 cm³/mol. The smallest absolute Gasteiger partial charge is 0.293 e. The Balaban J connectivity index is 1.40. The van der Waals surface area contributed by atoms with Crippen molar-refractivity contribution in [2.24, 2.45) is 11.3 Å². The normalized spacial score (nSPS) is 23.6. The lowest BCUT2D eigenvalue weighted by Gasteiger charge is -2.29. The van der Waals surface area contributed by atoms with Crippen molar-refractivity contribution in [2.75, 3.05) is 6.61 Å². The van der Waals surface area contributed by atoms with Gasteiger partial charge in [0.2, 0.25) is 0 Å². The zero-order valence-electron chi connectivity index (χ0n) is 17.4. The van der Waals surface area contributed by atoms with Crippen molar-refractivity contribution in [3.05, 3.63) is 38.6 Å². The Morgan fingerprint density at radius 3 is 2.48 bits per heavy atom. The topological polar surface area (TPSA) is 92.7 Å². The molecule has 0 radical (unpaired) electrons. The molecule has 1 aromatic rings. The highest BCUT2D eigenvalue weighted by atomic mass is 35.5. The molecule has 0 aromatic heterocycles. The first-order valence-corrected chi connectivity index (χ1v) is 11.5. The van der Waals surface area contributed by atoms with Gasteiger partial charge in [-0.1, -0.05) is 43.0 Å². The van der Waals surface area contributed by atoms with Gasteiger partial charge in [0.15, 0.2) is 11.5 Å². The lowest BCUT2D eigenvalue weighted by molar-refractivity contribution is -0.125. The molecule has 1 unspecified atom stereocenters. The number of ether oxygens (including phenoxy) is 1. The van der Waals surface area contributed by atoms with E-state index in [0.29, 0.717) is 43.1 Å². The van der Waals surface area contributed by atoms with Crippen LogP contribution < -0.4 is 10.1 Å². The Bertz CT molecular complexity index is 996. The van der Waals surface area contributed by atoms with Crippen molar-refractivity contribution in [1.29, 1.82) is 0 Å². The summed E-state index contributed by atoms with van der Waals surface area (Å²) in [5.74, 6) is -0.900. The zero-order valence-corrected chi connectivity index (χ0v) is 18.9. The monoisotopic (exact) mass is 465 g/mol. The van der Waals surface area contributed by atoms with Gasteiger partial charge in [-0.3, -0.25) is 19.7 Å². The highest BCUT2D eigenvalue weighted by Crippen LogP contribution is 2.52. The number of hydrogen-bond acceptors (Lipinski definition) is 5. The van der Waals surface area contributed by atoms with E-state index < -0.39 is 23.0 Å². The summed E-state index contributed by atoms with van der Waals surface area (Å²) < 4.78 is 5.84. The Kier molecular flexibility index (Phi) is 6.05. The van der Waals surface area contributed by atoms with E-state index in [9.17, 15) is 19.5 Å². The van der Waals surface area contributed by atoms with Crippen LogP contribution in [0.1, 0.15) is 67.8 Å². The van der Waals surface area contributed by atoms with Gasteiger partial charge >= 0.3 is 0 Å². The number of imide groups is 1. The first-order valence-electron chi connectivity index (χ1n) is 10.7. The summed E-state index contributed by atoms with van der Waals surface area (Å²) in [6, 6.07) is 1.83. The molecule has 1 aliphatic heterocycles. The number of ketones is 1. The van der Waals surface area contributed by atoms with Gasteiger partial charge < -0.3 is 9.84 Å². The molecule has 1 aromatic carbocycles. The van der Waals surface area contributed by atoms with E-state index in [1.165, 1.54) is 0 Å². The fourth-order valence-corrected chi connectivity index (χ4v) is 5.60. The molecule has 166 valence electrons. The molecular formula is C23H25Cl2NO5. The largest absolute Gasteiger partial charge is 0.503 e. The fraction of sp³-hybridized carbons (Fsp3) is 0.522. The molecular weight excluding hydrogens is 441 g/mol. The quantitative estimate of drug-likeness (QED) is 0.439. The van der Waals surface area contributed by atoms with Crippen molar-refractivity contribution >= 4 is 40.8 Å². The van der Waals surface area contributed by atoms with Crippen LogP contribution in [-0.2, 0) is 16.0 Å². The van der Waals surface area contributed by atoms with Crippen LogP contribution in [0.5, 0.6) is 5.75 Å². The van der Waals surface area contributed by atoms with E-state index in [1.54, 1.807) is 0 Å². The Morgan fingerprint density at radius 2 is 1.84 bits per heavy atom. The number of carbonyl (C=O) groups excluding carboxylic acids is 3. The van der Waals surface area contributed by atoms with Gasteiger partial charge in [-0.05, 0) is 56.1 Å². The maximum absolute atomic E-state index is 13.2. The maximum Gasteiger partial charge on any atom is 0.293 e. The molecule has 0 spiro atoms. The number of unbranched alkanes of at least 4 members (excludes halogenated alkanes) is 1. The summed E-state index contributed by atoms with van der Waals surface area (Å²) in [6.45, 7) is 2.37. The van der Waals surface area contributed by atoms with Crippen LogP contribution in [0.15, 0.2) is 17.4 Å². The third-order valence-corrected chi connectivity index (χ3v) is 7.75. The number of amides is 2. The van der Waals surface area contributed by atoms with Crippen molar-refractivity contribution in [3.8, 4) is 5.75 Å². The fourth-order valence-electron chi connectivity index (χ4n) is 5.10. The van der Waals surface area contributed by atoms with Crippen LogP contribution in [0.2, 0.25) is 10.0 Å². The van der Waals surface area contributed by atoms with E-state index in [1.807, 2.05) is 13.0 Å². The summed E-state index contributed by atoms with van der Waals surface area (Å²) in [5, 5.41) is 12.2. The lowest BCUT2D eigenvalue weighted by Crippen LogP contribution is -2.32. The molecule has 6 nitrogen and oxygen atoms in total. The van der Waals surface area contributed by atoms with Gasteiger partial charge in [-0.2, -0.15) is 0 Å². The van der Waals surface area contributed by atoms with Gasteiger partial charge in [-0.15, -0.1) is 0 Å². The molecule has 1 saturated carbocycles. The average molecular weight is 466 g/mol. The number of benzene rings is 1. The number of halogens is 2. The van der Waals surface area contributed by atoms with E-state index in [4.69, 9.17) is 27.9 Å². The van der Waals surface area contributed by atoms with Crippen LogP contribution in [-0.4, -0.2) is 29.3 Å². The molecule has 4 rings (SSSR count). The minimum atomic E-state index is -0.755. The number of aliphatic hydroxyl groups is 1. The summed E-state index contributed by atoms with van der Waals surface area (Å²) in [6.07, 6.45) is 6.53. The lowest BCUT2D eigenvalue weighted by atomic mass is 9.73. The van der Waals surface area contributed by atoms with Gasteiger partial charge in [-0.25, -0.2) is 0 Å². The predicted octanol–water partition coefficient (Wildman–Crippen LogP) is 4.95. The Labute approximate surface area is 190 Å². The third-order valence-electron chi connectivity index (χ3n) is 6.90. The van der Waals surface area contributed by atoms with Crippen molar-refractivity contribution in [1.82, 2.24) is 5.32 Å². The molecule has 8 heteroatoms. The van der Waals surface area contributed by atoms with Gasteiger partial charge in [0, 0.05) is 11.0 Å². The summed E-state index contributed by atoms with van der Waals surface area (Å²) in [5.41, 5.74) is 1.10. The van der Waals surface area contributed by atoms with Gasteiger partial charge in [0.25, 0.3) is 11.8 Å². The summed E-state index contributed by atoms with van der Waals surface area (Å²) in [7, 11) is 0. The van der Waals surface area contributed by atoms with Crippen LogP contribution in [0.25, 0.3) is 0 Å². The second-order valence-electron chi connectivity index (χ2n) is 8.86. The molecule has 3 aliphatic rings. The Hall–Kier alpha value is -2.05. The number of nitrogens with one attached hydrogen (secondary N) is 1. The van der Waals surface area contributed by atoms with Crippen molar-refractivity contribution in [2.45, 2.75) is 58.3 Å². The zero-order chi connectivity index (χ0) is 22.3. The maximum atomic E-state index is 13.2. The third kappa shape index (κ3) is 3.85. The average Bonchev–Trinajstić information content (AvgIpc) is 3.41. The number of aliphatic hydroxyl groups excluding tert-OH is 1. The number of rotatable bonds is 7. The second-order valence-corrected chi connectivity index (χ2v) is 9.61. The summed E-state index contributed by atoms with van der Waals surface area (Å²) >= 11 is 12.9. The first-order chi connectivity index (χ1) is 14.7. The highest BCUT2D eigenvalue weighted by molar-refractivity contribution is 6.45. The number of fused-ring (bicyclic) bond motifs is 1. The van der Waals surface area contributed by atoms with Gasteiger partial charge in [0.1, 0.15) is 10.8 Å². The molecule has 0 bridgehead atoms. The highest BCUT2D eigenvalue weighted by Gasteiger charge is 2.49. The first kappa shape index (κ1) is 22.2. The number of carbonyl (C=O) groups is 3. The number of hydrogen-bond donors (Lipinski definition) is 2. The molecule has 2 amide bonds. The van der Waals surface area contributed by atoms with Crippen LogP contribution >= 0.6 is 23.2 Å². The summed E-state index contributed by atoms with van der Waals surface area (Å²) in [4.78, 5) is 36.1. The number of Topliss-reactive ketones (excluding diaryl/α,β-unsaturated/α-hetero) is 1. The molecule has 1 heterocycles. The molecule has 2 aliphatic carbocycles. The second kappa shape index (κ2) is 8.47.